The number of hydrogen-bond donors (Lipinski definition) is 0. The van der Waals surface area contributed by atoms with Gasteiger partial charge in [0, 0.05) is 6.42 Å². The summed E-state index contributed by atoms with van der Waals surface area (Å²) in [4.78, 5) is 10.4. The molecule has 0 N–H and O–H groups in total. The first-order valence-electron chi connectivity index (χ1n) is 7.02. The van der Waals surface area contributed by atoms with Crippen LogP contribution in [0.2, 0.25) is 0 Å². The van der Waals surface area contributed by atoms with Crippen molar-refractivity contribution in [1.82, 2.24) is 0 Å². The van der Waals surface area contributed by atoms with E-state index >= 15 is 0 Å². The van der Waals surface area contributed by atoms with Gasteiger partial charge in [0.05, 0.1) is 0 Å². The van der Waals surface area contributed by atoms with Gasteiger partial charge in [-0.1, -0.05) is 33.6 Å². The standard InChI is InChI=1S/C15H28O/c1-13(2)12-14-8-4-5-9-15(14,3)10-6-7-11-16/h11,13-14H,4-10,12H2,1-3H3. The van der Waals surface area contributed by atoms with Crippen LogP contribution in [0.4, 0.5) is 0 Å². The first-order valence-corrected chi connectivity index (χ1v) is 7.02. The van der Waals surface area contributed by atoms with Gasteiger partial charge in [0.15, 0.2) is 0 Å². The molecule has 0 radical (unpaired) electrons. The van der Waals surface area contributed by atoms with Crippen LogP contribution < -0.4 is 0 Å². The summed E-state index contributed by atoms with van der Waals surface area (Å²) >= 11 is 0. The van der Waals surface area contributed by atoms with E-state index in [0.29, 0.717) is 5.41 Å². The van der Waals surface area contributed by atoms with Gasteiger partial charge in [-0.25, -0.2) is 0 Å². The number of carbonyl (C=O) groups excluding carboxylic acids is 1. The number of rotatable bonds is 6. The predicted octanol–water partition coefficient (Wildman–Crippen LogP) is 4.60. The Bertz CT molecular complexity index is 209. The third-order valence-electron chi connectivity index (χ3n) is 4.36. The van der Waals surface area contributed by atoms with Crippen LogP contribution in [0, 0.1) is 17.3 Å². The SMILES string of the molecule is CC(C)CC1CCCCC1(C)CCCC=O. The van der Waals surface area contributed by atoms with Gasteiger partial charge >= 0.3 is 0 Å². The third-order valence-corrected chi connectivity index (χ3v) is 4.36. The lowest BCUT2D eigenvalue weighted by atomic mass is 9.63. The van der Waals surface area contributed by atoms with Crippen LogP contribution in [0.3, 0.4) is 0 Å². The lowest BCUT2D eigenvalue weighted by Crippen LogP contribution is -2.32. The average molecular weight is 224 g/mol. The van der Waals surface area contributed by atoms with E-state index in [-0.39, 0.29) is 0 Å². The van der Waals surface area contributed by atoms with Gasteiger partial charge in [0.2, 0.25) is 0 Å². The summed E-state index contributed by atoms with van der Waals surface area (Å²) in [7, 11) is 0. The molecule has 0 amide bonds. The molecule has 1 saturated carbocycles. The van der Waals surface area contributed by atoms with Crippen molar-refractivity contribution in [2.24, 2.45) is 17.3 Å². The minimum Gasteiger partial charge on any atom is -0.303 e. The Morgan fingerprint density at radius 1 is 1.38 bits per heavy atom. The van der Waals surface area contributed by atoms with Gasteiger partial charge in [-0.3, -0.25) is 0 Å². The second kappa shape index (κ2) is 6.42. The quantitative estimate of drug-likeness (QED) is 0.476. The van der Waals surface area contributed by atoms with Gasteiger partial charge in [-0.05, 0) is 49.4 Å². The maximum absolute atomic E-state index is 10.4. The van der Waals surface area contributed by atoms with Gasteiger partial charge < -0.3 is 4.79 Å². The zero-order valence-corrected chi connectivity index (χ0v) is 11.3. The van der Waals surface area contributed by atoms with Crippen molar-refractivity contribution >= 4 is 6.29 Å². The lowest BCUT2D eigenvalue weighted by Gasteiger charge is -2.43. The molecule has 1 rings (SSSR count). The molecule has 94 valence electrons. The van der Waals surface area contributed by atoms with Gasteiger partial charge in [0.1, 0.15) is 6.29 Å². The van der Waals surface area contributed by atoms with Crippen molar-refractivity contribution in [3.63, 3.8) is 0 Å². The molecule has 0 heterocycles. The van der Waals surface area contributed by atoms with Crippen LogP contribution in [0.1, 0.15) is 72.1 Å². The molecule has 2 atom stereocenters. The van der Waals surface area contributed by atoms with E-state index in [4.69, 9.17) is 0 Å². The third kappa shape index (κ3) is 3.92. The van der Waals surface area contributed by atoms with E-state index in [1.807, 2.05) is 0 Å². The highest BCUT2D eigenvalue weighted by Gasteiger charge is 2.35. The molecule has 1 aliphatic rings. The van der Waals surface area contributed by atoms with E-state index in [0.717, 1.165) is 31.0 Å². The van der Waals surface area contributed by atoms with Crippen LogP contribution in [0.25, 0.3) is 0 Å². The summed E-state index contributed by atoms with van der Waals surface area (Å²) < 4.78 is 0. The molecule has 1 fully saturated rings. The smallest absolute Gasteiger partial charge is 0.119 e. The van der Waals surface area contributed by atoms with Crippen molar-refractivity contribution in [1.29, 1.82) is 0 Å². The van der Waals surface area contributed by atoms with Crippen LogP contribution in [0.5, 0.6) is 0 Å². The molecule has 0 aliphatic heterocycles. The van der Waals surface area contributed by atoms with Crippen LogP contribution >= 0.6 is 0 Å². The molecule has 0 bridgehead atoms. The maximum Gasteiger partial charge on any atom is 0.119 e. The summed E-state index contributed by atoms with van der Waals surface area (Å²) in [6, 6.07) is 0. The van der Waals surface area contributed by atoms with E-state index in [9.17, 15) is 4.79 Å². The summed E-state index contributed by atoms with van der Waals surface area (Å²) in [5.74, 6) is 1.71. The van der Waals surface area contributed by atoms with Crippen LogP contribution in [-0.2, 0) is 4.79 Å². The first kappa shape index (κ1) is 13.7. The van der Waals surface area contributed by atoms with Gasteiger partial charge in [-0.15, -0.1) is 0 Å². The fourth-order valence-electron chi connectivity index (χ4n) is 3.36. The molecule has 0 aromatic heterocycles. The minimum absolute atomic E-state index is 0.519. The van der Waals surface area contributed by atoms with E-state index < -0.39 is 0 Å². The molecule has 0 aromatic carbocycles. The maximum atomic E-state index is 10.4. The van der Waals surface area contributed by atoms with Gasteiger partial charge in [-0.2, -0.15) is 0 Å². The van der Waals surface area contributed by atoms with Crippen molar-refractivity contribution < 1.29 is 4.79 Å². The monoisotopic (exact) mass is 224 g/mol. The molecule has 1 aliphatic carbocycles. The number of unbranched alkanes of at least 4 members (excludes halogenated alkanes) is 1. The number of carbonyl (C=O) groups is 1. The number of hydrogen-bond acceptors (Lipinski definition) is 1. The molecule has 0 aromatic rings. The van der Waals surface area contributed by atoms with Crippen molar-refractivity contribution in [3.8, 4) is 0 Å². The molecule has 16 heavy (non-hydrogen) atoms. The highest BCUT2D eigenvalue weighted by Crippen LogP contribution is 2.47. The zero-order valence-electron chi connectivity index (χ0n) is 11.3. The topological polar surface area (TPSA) is 17.1 Å². The first-order chi connectivity index (χ1) is 7.58. The summed E-state index contributed by atoms with van der Waals surface area (Å²) in [5, 5.41) is 0. The fourth-order valence-corrected chi connectivity index (χ4v) is 3.36. The average Bonchev–Trinajstić information content (AvgIpc) is 2.22. The molecular weight excluding hydrogens is 196 g/mol. The van der Waals surface area contributed by atoms with Crippen LogP contribution in [0.15, 0.2) is 0 Å². The predicted molar refractivity (Wildman–Crippen MR) is 69.4 cm³/mol. The molecule has 2 unspecified atom stereocenters. The van der Waals surface area contributed by atoms with Crippen molar-refractivity contribution in [2.75, 3.05) is 0 Å². The van der Waals surface area contributed by atoms with Crippen molar-refractivity contribution in [2.45, 2.75) is 72.1 Å². The largest absolute Gasteiger partial charge is 0.303 e. The lowest BCUT2D eigenvalue weighted by molar-refractivity contribution is -0.108. The van der Waals surface area contributed by atoms with Gasteiger partial charge in [0.25, 0.3) is 0 Å². The molecule has 0 saturated heterocycles. The van der Waals surface area contributed by atoms with Crippen LogP contribution in [-0.4, -0.2) is 6.29 Å². The highest BCUT2D eigenvalue weighted by atomic mass is 16.1. The van der Waals surface area contributed by atoms with E-state index in [1.165, 1.54) is 38.5 Å². The fraction of sp³-hybridized carbons (Fsp3) is 0.933. The second-order valence-corrected chi connectivity index (χ2v) is 6.29. The molecule has 1 nitrogen and oxygen atoms in total. The second-order valence-electron chi connectivity index (χ2n) is 6.29. The summed E-state index contributed by atoms with van der Waals surface area (Å²) in [5.41, 5.74) is 0.519. The Morgan fingerprint density at radius 3 is 2.75 bits per heavy atom. The summed E-state index contributed by atoms with van der Waals surface area (Å²) in [6.07, 6.45) is 11.1. The molecule has 1 heteroatoms. The Kier molecular flexibility index (Phi) is 5.51. The minimum atomic E-state index is 0.519. The Hall–Kier alpha value is -0.330. The normalized spacial score (nSPS) is 30.6. The van der Waals surface area contributed by atoms with E-state index in [2.05, 4.69) is 20.8 Å². The Morgan fingerprint density at radius 2 is 2.12 bits per heavy atom. The number of aldehydes is 1. The Labute approximate surface area is 101 Å². The molecule has 0 spiro atoms. The Balaban J connectivity index is 2.52. The highest BCUT2D eigenvalue weighted by molar-refractivity contribution is 5.48. The zero-order chi connectivity index (χ0) is 12.0. The van der Waals surface area contributed by atoms with E-state index in [1.54, 1.807) is 0 Å². The summed E-state index contributed by atoms with van der Waals surface area (Å²) in [6.45, 7) is 7.13. The van der Waals surface area contributed by atoms with Crippen molar-refractivity contribution in [3.05, 3.63) is 0 Å². The molecular formula is C15H28O.